The molecule has 0 bridgehead atoms. The molecular formula is C11H13BrN4. The van der Waals surface area contributed by atoms with E-state index in [1.165, 1.54) is 0 Å². The number of nitrogens with zero attached hydrogens (tertiary/aromatic N) is 3. The second-order valence-electron chi connectivity index (χ2n) is 3.57. The average molecular weight is 281 g/mol. The number of hydrogen-bond acceptors (Lipinski definition) is 3. The highest BCUT2D eigenvalue weighted by atomic mass is 79.9. The van der Waals surface area contributed by atoms with Crippen LogP contribution in [0.4, 0.5) is 5.82 Å². The Morgan fingerprint density at radius 3 is 2.75 bits per heavy atom. The lowest BCUT2D eigenvalue weighted by atomic mass is 10.2. The second-order valence-corrected chi connectivity index (χ2v) is 4.48. The molecule has 2 rings (SSSR count). The Hall–Kier alpha value is -1.36. The molecular weight excluding hydrogens is 268 g/mol. The average Bonchev–Trinajstić information content (AvgIpc) is 2.56. The molecule has 0 saturated heterocycles. The number of nitrogen functional groups attached to an aromatic ring is 1. The summed E-state index contributed by atoms with van der Waals surface area (Å²) in [7, 11) is 1.93. The van der Waals surface area contributed by atoms with Gasteiger partial charge >= 0.3 is 0 Å². The van der Waals surface area contributed by atoms with Crippen LogP contribution in [-0.2, 0) is 13.5 Å². The van der Waals surface area contributed by atoms with Crippen LogP contribution in [0.2, 0.25) is 0 Å². The first-order chi connectivity index (χ1) is 7.63. The van der Waals surface area contributed by atoms with Crippen molar-refractivity contribution >= 4 is 21.7 Å². The number of imidazole rings is 1. The van der Waals surface area contributed by atoms with Crippen molar-refractivity contribution in [2.45, 2.75) is 13.3 Å². The van der Waals surface area contributed by atoms with E-state index in [-0.39, 0.29) is 0 Å². The van der Waals surface area contributed by atoms with Crippen molar-refractivity contribution in [3.63, 3.8) is 0 Å². The Balaban J connectivity index is 2.56. The standard InChI is InChI=1S/C11H13BrN4/c1-3-9-15-10(11(13)16(9)2)7-4-8(12)6-14-5-7/h4-6H,3,13H2,1-2H3. The van der Waals surface area contributed by atoms with Gasteiger partial charge in [-0.2, -0.15) is 0 Å². The van der Waals surface area contributed by atoms with Crippen molar-refractivity contribution in [2.75, 3.05) is 5.73 Å². The largest absolute Gasteiger partial charge is 0.383 e. The summed E-state index contributed by atoms with van der Waals surface area (Å²) in [6, 6.07) is 1.96. The summed E-state index contributed by atoms with van der Waals surface area (Å²) >= 11 is 3.39. The van der Waals surface area contributed by atoms with Crippen molar-refractivity contribution in [2.24, 2.45) is 7.05 Å². The Bertz CT molecular complexity index is 519. The topological polar surface area (TPSA) is 56.7 Å². The summed E-state index contributed by atoms with van der Waals surface area (Å²) in [5.41, 5.74) is 7.75. The summed E-state index contributed by atoms with van der Waals surface area (Å²) in [4.78, 5) is 8.63. The predicted molar refractivity (Wildman–Crippen MR) is 67.9 cm³/mol. The van der Waals surface area contributed by atoms with Crippen molar-refractivity contribution in [1.82, 2.24) is 14.5 Å². The fourth-order valence-electron chi connectivity index (χ4n) is 1.63. The molecule has 16 heavy (non-hydrogen) atoms. The smallest absolute Gasteiger partial charge is 0.131 e. The highest BCUT2D eigenvalue weighted by molar-refractivity contribution is 9.10. The zero-order chi connectivity index (χ0) is 11.7. The van der Waals surface area contributed by atoms with Gasteiger partial charge in [0.15, 0.2) is 0 Å². The van der Waals surface area contributed by atoms with Crippen molar-refractivity contribution < 1.29 is 0 Å². The number of rotatable bonds is 2. The van der Waals surface area contributed by atoms with E-state index in [0.717, 1.165) is 28.0 Å². The molecule has 2 aromatic heterocycles. The highest BCUT2D eigenvalue weighted by Crippen LogP contribution is 2.26. The summed E-state index contributed by atoms with van der Waals surface area (Å²) < 4.78 is 2.84. The minimum Gasteiger partial charge on any atom is -0.383 e. The van der Waals surface area contributed by atoms with Gasteiger partial charge in [-0.1, -0.05) is 6.92 Å². The number of aryl methyl sites for hydroxylation is 1. The highest BCUT2D eigenvalue weighted by Gasteiger charge is 2.12. The van der Waals surface area contributed by atoms with Crippen LogP contribution in [0.25, 0.3) is 11.3 Å². The number of halogens is 1. The number of anilines is 1. The summed E-state index contributed by atoms with van der Waals surface area (Å²) in [6.07, 6.45) is 4.37. The lowest BCUT2D eigenvalue weighted by molar-refractivity contribution is 0.816. The SMILES string of the molecule is CCc1nc(-c2cncc(Br)c2)c(N)n1C. The molecule has 0 radical (unpaired) electrons. The molecule has 0 aliphatic rings. The van der Waals surface area contributed by atoms with E-state index in [9.17, 15) is 0 Å². The van der Waals surface area contributed by atoms with E-state index in [1.54, 1.807) is 12.4 Å². The van der Waals surface area contributed by atoms with Crippen molar-refractivity contribution in [1.29, 1.82) is 0 Å². The quantitative estimate of drug-likeness (QED) is 0.919. The number of hydrogen-bond donors (Lipinski definition) is 1. The lowest BCUT2D eigenvalue weighted by Gasteiger charge is -2.00. The van der Waals surface area contributed by atoms with E-state index in [0.29, 0.717) is 5.82 Å². The molecule has 5 heteroatoms. The van der Waals surface area contributed by atoms with Crippen molar-refractivity contribution in [3.8, 4) is 11.3 Å². The van der Waals surface area contributed by atoms with Crippen LogP contribution in [-0.4, -0.2) is 14.5 Å². The number of nitrogens with two attached hydrogens (primary N) is 1. The van der Waals surface area contributed by atoms with Gasteiger partial charge < -0.3 is 10.3 Å². The third-order valence-electron chi connectivity index (χ3n) is 2.53. The fraction of sp³-hybridized carbons (Fsp3) is 0.273. The maximum Gasteiger partial charge on any atom is 0.131 e. The molecule has 2 heterocycles. The molecule has 0 aliphatic heterocycles. The minimum absolute atomic E-state index is 0.678. The first-order valence-corrected chi connectivity index (χ1v) is 5.84. The molecule has 84 valence electrons. The van der Waals surface area contributed by atoms with Crippen LogP contribution >= 0.6 is 15.9 Å². The summed E-state index contributed by atoms with van der Waals surface area (Å²) in [6.45, 7) is 2.06. The third kappa shape index (κ3) is 1.82. The Kier molecular flexibility index (Phi) is 2.96. The van der Waals surface area contributed by atoms with Gasteiger partial charge in [0.25, 0.3) is 0 Å². The third-order valence-corrected chi connectivity index (χ3v) is 2.96. The van der Waals surface area contributed by atoms with E-state index >= 15 is 0 Å². The molecule has 0 spiro atoms. The van der Waals surface area contributed by atoms with E-state index < -0.39 is 0 Å². The van der Waals surface area contributed by atoms with E-state index in [2.05, 4.69) is 32.8 Å². The van der Waals surface area contributed by atoms with Gasteiger partial charge in [0.1, 0.15) is 17.3 Å². The van der Waals surface area contributed by atoms with Gasteiger partial charge in [-0.25, -0.2) is 4.98 Å². The molecule has 0 atom stereocenters. The fourth-order valence-corrected chi connectivity index (χ4v) is 1.99. The van der Waals surface area contributed by atoms with Crippen LogP contribution in [0.5, 0.6) is 0 Å². The number of aromatic nitrogens is 3. The zero-order valence-corrected chi connectivity index (χ0v) is 10.8. The maximum absolute atomic E-state index is 6.02. The second kappa shape index (κ2) is 4.25. The monoisotopic (exact) mass is 280 g/mol. The normalized spacial score (nSPS) is 10.7. The van der Waals surface area contributed by atoms with Gasteiger partial charge in [-0.3, -0.25) is 4.98 Å². The Morgan fingerprint density at radius 2 is 2.19 bits per heavy atom. The molecule has 0 fully saturated rings. The van der Waals surface area contributed by atoms with Gasteiger partial charge in [0.2, 0.25) is 0 Å². The van der Waals surface area contributed by atoms with Crippen LogP contribution in [0.3, 0.4) is 0 Å². The van der Waals surface area contributed by atoms with Crippen molar-refractivity contribution in [3.05, 3.63) is 28.8 Å². The van der Waals surface area contributed by atoms with Crippen LogP contribution in [0.15, 0.2) is 22.9 Å². The Labute approximate surface area is 103 Å². The first-order valence-electron chi connectivity index (χ1n) is 5.05. The van der Waals surface area contributed by atoms with Crippen LogP contribution < -0.4 is 5.73 Å². The van der Waals surface area contributed by atoms with Crippen LogP contribution in [0.1, 0.15) is 12.7 Å². The lowest BCUT2D eigenvalue weighted by Crippen LogP contribution is -2.00. The molecule has 0 amide bonds. The molecule has 0 saturated carbocycles. The molecule has 0 aliphatic carbocycles. The van der Waals surface area contributed by atoms with Gasteiger partial charge in [-0.05, 0) is 22.0 Å². The maximum atomic E-state index is 6.02. The first kappa shape index (κ1) is 11.1. The van der Waals surface area contributed by atoms with Gasteiger partial charge in [0, 0.05) is 35.9 Å². The molecule has 4 nitrogen and oxygen atoms in total. The van der Waals surface area contributed by atoms with Crippen LogP contribution in [0, 0.1) is 0 Å². The molecule has 0 unspecified atom stereocenters. The van der Waals surface area contributed by atoms with Gasteiger partial charge in [0.05, 0.1) is 0 Å². The predicted octanol–water partition coefficient (Wildman–Crippen LogP) is 2.39. The molecule has 0 aromatic carbocycles. The summed E-state index contributed by atoms with van der Waals surface area (Å²) in [5, 5.41) is 0. The molecule has 2 N–H and O–H groups in total. The van der Waals surface area contributed by atoms with Gasteiger partial charge in [-0.15, -0.1) is 0 Å². The van der Waals surface area contributed by atoms with E-state index in [4.69, 9.17) is 5.73 Å². The zero-order valence-electron chi connectivity index (χ0n) is 9.24. The minimum atomic E-state index is 0.678. The summed E-state index contributed by atoms with van der Waals surface area (Å²) in [5.74, 6) is 1.66. The Morgan fingerprint density at radius 1 is 1.44 bits per heavy atom. The molecule has 2 aromatic rings. The number of pyridine rings is 1. The van der Waals surface area contributed by atoms with E-state index in [1.807, 2.05) is 17.7 Å².